The Morgan fingerprint density at radius 2 is 0.676 bits per heavy atom. The summed E-state index contributed by atoms with van der Waals surface area (Å²) in [7, 11) is 0. The first-order valence-electron chi connectivity index (χ1n) is 18.3. The van der Waals surface area contributed by atoms with Gasteiger partial charge in [0.1, 0.15) is 0 Å². The van der Waals surface area contributed by atoms with E-state index in [1.807, 2.05) is 0 Å². The summed E-state index contributed by atoms with van der Waals surface area (Å²) in [5.41, 5.74) is 0. The fourth-order valence-corrected chi connectivity index (χ4v) is 7.79. The van der Waals surface area contributed by atoms with Gasteiger partial charge in [-0.25, -0.2) is 0 Å². The van der Waals surface area contributed by atoms with Crippen LogP contribution in [0.15, 0.2) is 0 Å². The van der Waals surface area contributed by atoms with Crippen LogP contribution in [0, 0.1) is 23.7 Å². The SMILES string of the molecule is CCC1CCCCCCCCCCCC(CCCCCCC2CCCCC(C)CCC2)CCCCCC1. The Bertz CT molecular complexity index is 467. The zero-order chi connectivity index (χ0) is 26.2. The summed E-state index contributed by atoms with van der Waals surface area (Å²) < 4.78 is 0. The van der Waals surface area contributed by atoms with Gasteiger partial charge in [-0.3, -0.25) is 0 Å². The predicted octanol–water partition coefficient (Wildman–Crippen LogP) is 13.6. The summed E-state index contributed by atoms with van der Waals surface area (Å²) in [5.74, 6) is 4.12. The molecule has 37 heavy (non-hydrogen) atoms. The van der Waals surface area contributed by atoms with Gasteiger partial charge in [-0.1, -0.05) is 213 Å². The highest BCUT2D eigenvalue weighted by Crippen LogP contribution is 2.29. The second-order valence-corrected chi connectivity index (χ2v) is 14.1. The van der Waals surface area contributed by atoms with E-state index >= 15 is 0 Å². The summed E-state index contributed by atoms with van der Waals surface area (Å²) in [6, 6.07) is 0. The van der Waals surface area contributed by atoms with Crippen molar-refractivity contribution in [2.75, 3.05) is 0 Å². The quantitative estimate of drug-likeness (QED) is 0.281. The molecule has 0 aromatic rings. The van der Waals surface area contributed by atoms with Crippen LogP contribution in [0.2, 0.25) is 0 Å². The van der Waals surface area contributed by atoms with Gasteiger partial charge in [0.25, 0.3) is 0 Å². The van der Waals surface area contributed by atoms with Crippen molar-refractivity contribution in [1.29, 1.82) is 0 Å². The Labute approximate surface area is 236 Å². The lowest BCUT2D eigenvalue weighted by atomic mass is 9.88. The summed E-state index contributed by atoms with van der Waals surface area (Å²) in [4.78, 5) is 0. The molecule has 2 aliphatic carbocycles. The molecule has 0 bridgehead atoms. The van der Waals surface area contributed by atoms with Crippen molar-refractivity contribution in [2.45, 2.75) is 213 Å². The summed E-state index contributed by atoms with van der Waals surface area (Å²) in [6.07, 6.45) is 46.8. The molecule has 0 nitrogen and oxygen atoms in total. The highest BCUT2D eigenvalue weighted by Gasteiger charge is 2.14. The molecule has 0 spiro atoms. The van der Waals surface area contributed by atoms with Crippen LogP contribution in [-0.4, -0.2) is 0 Å². The van der Waals surface area contributed by atoms with Crippen LogP contribution in [0.1, 0.15) is 213 Å². The lowest BCUT2D eigenvalue weighted by Gasteiger charge is -2.18. The van der Waals surface area contributed by atoms with Gasteiger partial charge in [0, 0.05) is 0 Å². The molecule has 0 radical (unpaired) electrons. The molecule has 220 valence electrons. The number of rotatable bonds is 8. The van der Waals surface area contributed by atoms with E-state index in [1.165, 1.54) is 186 Å². The van der Waals surface area contributed by atoms with E-state index < -0.39 is 0 Å². The molecule has 0 aromatic carbocycles. The first-order valence-corrected chi connectivity index (χ1v) is 18.3. The third-order valence-electron chi connectivity index (χ3n) is 10.6. The minimum absolute atomic E-state index is 0.990. The van der Waals surface area contributed by atoms with Gasteiger partial charge in [-0.15, -0.1) is 0 Å². The number of hydrogen-bond acceptors (Lipinski definition) is 0. The molecule has 4 atom stereocenters. The van der Waals surface area contributed by atoms with Crippen LogP contribution in [0.25, 0.3) is 0 Å². The zero-order valence-corrected chi connectivity index (χ0v) is 26.2. The van der Waals surface area contributed by atoms with Gasteiger partial charge in [0.05, 0.1) is 0 Å². The Kier molecular flexibility index (Phi) is 21.4. The van der Waals surface area contributed by atoms with E-state index in [-0.39, 0.29) is 0 Å². The van der Waals surface area contributed by atoms with Gasteiger partial charge in [0.2, 0.25) is 0 Å². The topological polar surface area (TPSA) is 0 Å². The molecule has 0 amide bonds. The highest BCUT2D eigenvalue weighted by atomic mass is 14.2. The van der Waals surface area contributed by atoms with E-state index in [0.29, 0.717) is 0 Å². The monoisotopic (exact) mass is 517 g/mol. The smallest absolute Gasteiger partial charge is 0.0414 e. The van der Waals surface area contributed by atoms with E-state index in [2.05, 4.69) is 13.8 Å². The average Bonchev–Trinajstić information content (AvgIpc) is 3.00. The molecule has 2 rings (SSSR count). The van der Waals surface area contributed by atoms with Crippen molar-refractivity contribution < 1.29 is 0 Å². The van der Waals surface area contributed by atoms with Crippen LogP contribution in [0.3, 0.4) is 0 Å². The van der Waals surface area contributed by atoms with Crippen molar-refractivity contribution in [3.63, 3.8) is 0 Å². The van der Waals surface area contributed by atoms with Gasteiger partial charge in [-0.05, 0) is 23.7 Å². The van der Waals surface area contributed by atoms with E-state index in [0.717, 1.165) is 23.7 Å². The molecular weight excluding hydrogens is 444 g/mol. The van der Waals surface area contributed by atoms with Gasteiger partial charge < -0.3 is 0 Å². The van der Waals surface area contributed by atoms with Crippen LogP contribution in [0.4, 0.5) is 0 Å². The van der Waals surface area contributed by atoms with Crippen molar-refractivity contribution in [3.05, 3.63) is 0 Å². The second kappa shape index (κ2) is 23.9. The fraction of sp³-hybridized carbons (Fsp3) is 1.00. The van der Waals surface area contributed by atoms with Gasteiger partial charge in [-0.2, -0.15) is 0 Å². The van der Waals surface area contributed by atoms with Gasteiger partial charge in [0.15, 0.2) is 0 Å². The predicted molar refractivity (Wildman–Crippen MR) is 168 cm³/mol. The van der Waals surface area contributed by atoms with E-state index in [4.69, 9.17) is 0 Å². The fourth-order valence-electron chi connectivity index (χ4n) is 7.79. The Morgan fingerprint density at radius 3 is 1.14 bits per heavy atom. The largest absolute Gasteiger partial charge is 0.0651 e. The number of unbranched alkanes of at least 4 members (excludes halogenated alkanes) is 3. The lowest BCUT2D eigenvalue weighted by molar-refractivity contribution is 0.353. The maximum atomic E-state index is 2.48. The highest BCUT2D eigenvalue weighted by molar-refractivity contribution is 4.67. The molecule has 0 saturated heterocycles. The first-order chi connectivity index (χ1) is 18.3. The maximum Gasteiger partial charge on any atom is -0.0414 e. The third-order valence-corrected chi connectivity index (χ3v) is 10.6. The minimum atomic E-state index is 0.990. The zero-order valence-electron chi connectivity index (χ0n) is 26.2. The Morgan fingerprint density at radius 1 is 0.351 bits per heavy atom. The Balaban J connectivity index is 1.61. The molecule has 0 N–H and O–H groups in total. The lowest BCUT2D eigenvalue weighted by Crippen LogP contribution is -2.03. The molecule has 0 heterocycles. The van der Waals surface area contributed by atoms with Crippen molar-refractivity contribution in [1.82, 2.24) is 0 Å². The number of hydrogen-bond donors (Lipinski definition) is 0. The molecule has 0 aromatic heterocycles. The maximum absolute atomic E-state index is 2.48. The van der Waals surface area contributed by atoms with Crippen LogP contribution < -0.4 is 0 Å². The molecule has 4 unspecified atom stereocenters. The summed E-state index contributed by atoms with van der Waals surface area (Å²) in [6.45, 7) is 4.92. The normalized spacial score (nSPS) is 29.7. The molecule has 0 heteroatoms. The average molecular weight is 517 g/mol. The molecule has 2 aliphatic rings. The summed E-state index contributed by atoms with van der Waals surface area (Å²) >= 11 is 0. The van der Waals surface area contributed by atoms with Crippen molar-refractivity contribution in [3.8, 4) is 0 Å². The summed E-state index contributed by atoms with van der Waals surface area (Å²) in [5, 5.41) is 0. The molecular formula is C37H72. The van der Waals surface area contributed by atoms with E-state index in [9.17, 15) is 0 Å². The van der Waals surface area contributed by atoms with Gasteiger partial charge >= 0.3 is 0 Å². The molecule has 2 saturated carbocycles. The third kappa shape index (κ3) is 18.8. The van der Waals surface area contributed by atoms with Crippen LogP contribution >= 0.6 is 0 Å². The van der Waals surface area contributed by atoms with Crippen LogP contribution in [0.5, 0.6) is 0 Å². The second-order valence-electron chi connectivity index (χ2n) is 14.1. The van der Waals surface area contributed by atoms with E-state index in [1.54, 1.807) is 12.8 Å². The first kappa shape index (κ1) is 33.2. The standard InChI is InChI=1S/C37H72/c1-3-35-26-15-9-7-5-4-6-8-10-17-28-36(29-18-12-11-16-27-35)30-19-13-14-20-31-37-32-22-21-24-34(2)25-23-33-37/h34-37H,3-33H2,1-2H3. The van der Waals surface area contributed by atoms with Crippen LogP contribution in [-0.2, 0) is 0 Å². The van der Waals surface area contributed by atoms with Crippen molar-refractivity contribution >= 4 is 0 Å². The molecule has 0 aliphatic heterocycles. The Hall–Kier alpha value is 0. The molecule has 2 fully saturated rings. The van der Waals surface area contributed by atoms with Crippen molar-refractivity contribution in [2.24, 2.45) is 23.7 Å². The minimum Gasteiger partial charge on any atom is -0.0651 e.